The molecule has 0 amide bonds. The number of ether oxygens (including phenoxy) is 1. The zero-order chi connectivity index (χ0) is 15.5. The molecule has 0 aliphatic heterocycles. The molecule has 0 heterocycles. The second kappa shape index (κ2) is 9.96. The molecule has 6 heteroatoms. The van der Waals surface area contributed by atoms with Gasteiger partial charge in [-0.1, -0.05) is 13.3 Å². The number of hydrogen-bond acceptors (Lipinski definition) is 2. The van der Waals surface area contributed by atoms with Crippen LogP contribution < -0.4 is 15.4 Å². The summed E-state index contributed by atoms with van der Waals surface area (Å²) in [6.07, 6.45) is 2.13. The van der Waals surface area contributed by atoms with Crippen molar-refractivity contribution in [2.75, 3.05) is 26.2 Å². The van der Waals surface area contributed by atoms with Crippen molar-refractivity contribution >= 4 is 5.96 Å². The molecule has 0 atom stereocenters. The zero-order valence-corrected chi connectivity index (χ0v) is 12.6. The van der Waals surface area contributed by atoms with Crippen LogP contribution in [0.25, 0.3) is 0 Å². The predicted octanol–water partition coefficient (Wildman–Crippen LogP) is 2.70. The molecule has 4 nitrogen and oxygen atoms in total. The van der Waals surface area contributed by atoms with Gasteiger partial charge in [-0.3, -0.25) is 4.99 Å². The normalized spacial score (nSPS) is 11.3. The fourth-order valence-electron chi connectivity index (χ4n) is 1.61. The summed E-state index contributed by atoms with van der Waals surface area (Å²) in [5.41, 5.74) is 0. The van der Waals surface area contributed by atoms with E-state index in [0.29, 0.717) is 12.5 Å². The quantitative estimate of drug-likeness (QED) is 0.441. The van der Waals surface area contributed by atoms with Crippen LogP contribution in [0.15, 0.2) is 23.2 Å². The van der Waals surface area contributed by atoms with Crippen LogP contribution >= 0.6 is 0 Å². The third kappa shape index (κ3) is 6.92. The summed E-state index contributed by atoms with van der Waals surface area (Å²) in [7, 11) is 0. The van der Waals surface area contributed by atoms with Gasteiger partial charge in [-0.15, -0.1) is 0 Å². The van der Waals surface area contributed by atoms with Gasteiger partial charge in [0.25, 0.3) is 0 Å². The lowest BCUT2D eigenvalue weighted by molar-refractivity contribution is 0.304. The van der Waals surface area contributed by atoms with E-state index in [2.05, 4.69) is 22.5 Å². The Bertz CT molecular complexity index is 453. The summed E-state index contributed by atoms with van der Waals surface area (Å²) < 4.78 is 31.3. The number of rotatable bonds is 8. The highest BCUT2D eigenvalue weighted by atomic mass is 19.1. The molecule has 0 aliphatic rings. The van der Waals surface area contributed by atoms with Gasteiger partial charge in [0.15, 0.2) is 17.5 Å². The maximum Gasteiger partial charge on any atom is 0.191 e. The highest BCUT2D eigenvalue weighted by Gasteiger charge is 2.04. The van der Waals surface area contributed by atoms with E-state index in [1.165, 1.54) is 12.1 Å². The first kappa shape index (κ1) is 17.2. The summed E-state index contributed by atoms with van der Waals surface area (Å²) in [5.74, 6) is -0.547. The second-order valence-electron chi connectivity index (χ2n) is 4.46. The maximum atomic E-state index is 13.3. The van der Waals surface area contributed by atoms with Crippen molar-refractivity contribution in [1.29, 1.82) is 0 Å². The van der Waals surface area contributed by atoms with Crippen molar-refractivity contribution in [2.24, 2.45) is 4.99 Å². The predicted molar refractivity (Wildman–Crippen MR) is 80.7 cm³/mol. The van der Waals surface area contributed by atoms with Gasteiger partial charge in [0.1, 0.15) is 12.4 Å². The Hall–Kier alpha value is -1.85. The van der Waals surface area contributed by atoms with Gasteiger partial charge < -0.3 is 15.4 Å². The average molecular weight is 299 g/mol. The molecule has 0 radical (unpaired) electrons. The van der Waals surface area contributed by atoms with Crippen molar-refractivity contribution in [3.05, 3.63) is 29.8 Å². The van der Waals surface area contributed by atoms with E-state index in [0.717, 1.165) is 32.0 Å². The fraction of sp³-hybridized carbons (Fsp3) is 0.533. The molecular weight excluding hydrogens is 276 g/mol. The van der Waals surface area contributed by atoms with Crippen molar-refractivity contribution in [1.82, 2.24) is 10.6 Å². The molecule has 0 spiro atoms. The smallest absolute Gasteiger partial charge is 0.191 e. The lowest BCUT2D eigenvalue weighted by Crippen LogP contribution is -2.39. The minimum Gasteiger partial charge on any atom is -0.489 e. The minimum atomic E-state index is -0.696. The standard InChI is InChI=1S/C15H23F2N3O/c1-3-5-8-19-15(18-4-2)20-9-10-21-14-7-6-12(16)11-13(14)17/h6-7,11H,3-5,8-10H2,1-2H3,(H2,18,19,20). The van der Waals surface area contributed by atoms with E-state index in [1.54, 1.807) is 0 Å². The molecule has 0 aliphatic carbocycles. The average Bonchev–Trinajstić information content (AvgIpc) is 2.45. The fourth-order valence-corrected chi connectivity index (χ4v) is 1.61. The SMILES string of the molecule is CCCCN=C(NCC)NCCOc1ccc(F)cc1F. The van der Waals surface area contributed by atoms with Gasteiger partial charge in [-0.25, -0.2) is 8.78 Å². The van der Waals surface area contributed by atoms with Gasteiger partial charge >= 0.3 is 0 Å². The minimum absolute atomic E-state index is 0.0473. The van der Waals surface area contributed by atoms with Crippen LogP contribution in [-0.2, 0) is 0 Å². The molecule has 0 saturated carbocycles. The topological polar surface area (TPSA) is 45.7 Å². The Labute approximate surface area is 124 Å². The first-order valence-corrected chi connectivity index (χ1v) is 7.27. The molecule has 1 rings (SSSR count). The number of unbranched alkanes of at least 4 members (excludes halogenated alkanes) is 1. The van der Waals surface area contributed by atoms with E-state index in [9.17, 15) is 8.78 Å². The van der Waals surface area contributed by atoms with E-state index >= 15 is 0 Å². The summed E-state index contributed by atoms with van der Waals surface area (Å²) in [5, 5.41) is 6.22. The molecule has 1 aromatic carbocycles. The molecule has 0 aromatic heterocycles. The van der Waals surface area contributed by atoms with Crippen LogP contribution in [0.3, 0.4) is 0 Å². The first-order valence-electron chi connectivity index (χ1n) is 7.27. The molecule has 118 valence electrons. The highest BCUT2D eigenvalue weighted by molar-refractivity contribution is 5.79. The molecule has 0 unspecified atom stereocenters. The third-order valence-electron chi connectivity index (χ3n) is 2.67. The summed E-state index contributed by atoms with van der Waals surface area (Å²) >= 11 is 0. The van der Waals surface area contributed by atoms with E-state index in [4.69, 9.17) is 4.74 Å². The van der Waals surface area contributed by atoms with Gasteiger partial charge in [-0.05, 0) is 25.5 Å². The molecule has 21 heavy (non-hydrogen) atoms. The Morgan fingerprint density at radius 1 is 1.24 bits per heavy atom. The van der Waals surface area contributed by atoms with Crippen molar-refractivity contribution < 1.29 is 13.5 Å². The van der Waals surface area contributed by atoms with Crippen molar-refractivity contribution in [3.8, 4) is 5.75 Å². The zero-order valence-electron chi connectivity index (χ0n) is 12.6. The van der Waals surface area contributed by atoms with Crippen molar-refractivity contribution in [3.63, 3.8) is 0 Å². The highest BCUT2D eigenvalue weighted by Crippen LogP contribution is 2.17. The van der Waals surface area contributed by atoms with E-state index in [-0.39, 0.29) is 12.4 Å². The summed E-state index contributed by atoms with van der Waals surface area (Å²) in [4.78, 5) is 4.39. The van der Waals surface area contributed by atoms with Crippen LogP contribution in [0.1, 0.15) is 26.7 Å². The van der Waals surface area contributed by atoms with Crippen LogP contribution in [0.4, 0.5) is 8.78 Å². The Balaban J connectivity index is 2.34. The van der Waals surface area contributed by atoms with E-state index < -0.39 is 11.6 Å². The lowest BCUT2D eigenvalue weighted by atomic mass is 10.3. The van der Waals surface area contributed by atoms with Gasteiger partial charge in [0.05, 0.1) is 6.54 Å². The Morgan fingerprint density at radius 3 is 2.71 bits per heavy atom. The number of guanidine groups is 1. The number of benzene rings is 1. The molecule has 2 N–H and O–H groups in total. The second-order valence-corrected chi connectivity index (χ2v) is 4.46. The molecule has 0 bridgehead atoms. The third-order valence-corrected chi connectivity index (χ3v) is 2.67. The number of nitrogens with one attached hydrogen (secondary N) is 2. The van der Waals surface area contributed by atoms with Crippen LogP contribution in [0.5, 0.6) is 5.75 Å². The van der Waals surface area contributed by atoms with E-state index in [1.807, 2.05) is 6.92 Å². The lowest BCUT2D eigenvalue weighted by Gasteiger charge is -2.12. The Morgan fingerprint density at radius 2 is 2.05 bits per heavy atom. The number of aliphatic imine (C=N–C) groups is 1. The number of nitrogens with zero attached hydrogens (tertiary/aromatic N) is 1. The summed E-state index contributed by atoms with van der Waals surface area (Å²) in [6, 6.07) is 3.26. The largest absolute Gasteiger partial charge is 0.489 e. The van der Waals surface area contributed by atoms with Crippen molar-refractivity contribution in [2.45, 2.75) is 26.7 Å². The number of hydrogen-bond donors (Lipinski definition) is 2. The maximum absolute atomic E-state index is 13.3. The first-order chi connectivity index (χ1) is 10.2. The molecular formula is C15H23F2N3O. The van der Waals surface area contributed by atoms with Gasteiger partial charge in [0.2, 0.25) is 0 Å². The molecule has 0 fully saturated rings. The number of halogens is 2. The van der Waals surface area contributed by atoms with Gasteiger partial charge in [-0.2, -0.15) is 0 Å². The molecule has 1 aromatic rings. The van der Waals surface area contributed by atoms with Crippen LogP contribution in [0.2, 0.25) is 0 Å². The van der Waals surface area contributed by atoms with Gasteiger partial charge in [0, 0.05) is 19.2 Å². The monoisotopic (exact) mass is 299 g/mol. The molecule has 0 saturated heterocycles. The van der Waals surface area contributed by atoms with Crippen LogP contribution in [0, 0.1) is 11.6 Å². The Kier molecular flexibility index (Phi) is 8.16. The summed E-state index contributed by atoms with van der Waals surface area (Å²) in [6.45, 7) is 6.38. The van der Waals surface area contributed by atoms with Crippen LogP contribution in [-0.4, -0.2) is 32.2 Å².